The highest BCUT2D eigenvalue weighted by Gasteiger charge is 2.34. The number of rotatable bonds is 7. The van der Waals surface area contributed by atoms with Crippen molar-refractivity contribution in [2.75, 3.05) is 26.3 Å². The lowest BCUT2D eigenvalue weighted by Crippen LogP contribution is -2.45. The Hall–Kier alpha value is -2.08. The third kappa shape index (κ3) is 5.95. The summed E-state index contributed by atoms with van der Waals surface area (Å²) >= 11 is 11.8. The molecule has 1 heterocycles. The Morgan fingerprint density at radius 1 is 0.897 bits per heavy atom. The molecule has 2 aromatic carbocycles. The molecule has 1 fully saturated rings. The summed E-state index contributed by atoms with van der Waals surface area (Å²) in [6.45, 7) is 2.12. The van der Waals surface area contributed by atoms with Gasteiger partial charge in [0.15, 0.2) is 0 Å². The normalized spacial score (nSPS) is 15.5. The van der Waals surface area contributed by atoms with Crippen molar-refractivity contribution < 1.29 is 14.3 Å². The number of halogens is 2. The van der Waals surface area contributed by atoms with Gasteiger partial charge in [-0.3, -0.25) is 9.59 Å². The predicted octanol–water partition coefficient (Wildman–Crippen LogP) is 3.98. The summed E-state index contributed by atoms with van der Waals surface area (Å²) < 4.78 is 5.52. The number of carbonyl (C=O) groups is 2. The van der Waals surface area contributed by atoms with Crippen molar-refractivity contribution >= 4 is 35.0 Å². The Morgan fingerprint density at radius 3 is 2.10 bits per heavy atom. The van der Waals surface area contributed by atoms with Crippen LogP contribution in [0.5, 0.6) is 0 Å². The smallest absolute Gasteiger partial charge is 0.251 e. The first-order valence-corrected chi connectivity index (χ1v) is 10.4. The molecule has 0 spiro atoms. The molecule has 3 rings (SSSR count). The van der Waals surface area contributed by atoms with E-state index in [4.69, 9.17) is 27.9 Å². The second-order valence-corrected chi connectivity index (χ2v) is 8.06. The third-order valence-corrected chi connectivity index (χ3v) is 5.78. The minimum atomic E-state index is -0.225. The molecule has 1 saturated heterocycles. The van der Waals surface area contributed by atoms with E-state index in [1.165, 1.54) is 0 Å². The minimum Gasteiger partial charge on any atom is -0.381 e. The number of hydrogen-bond donors (Lipinski definition) is 2. The summed E-state index contributed by atoms with van der Waals surface area (Å²) in [5, 5.41) is 7.05. The minimum absolute atomic E-state index is 0.0961. The number of amides is 2. The molecule has 2 N–H and O–H groups in total. The fraction of sp³-hybridized carbons (Fsp3) is 0.364. The predicted molar refractivity (Wildman–Crippen MR) is 115 cm³/mol. The highest BCUT2D eigenvalue weighted by molar-refractivity contribution is 6.30. The molecule has 154 valence electrons. The van der Waals surface area contributed by atoms with Crippen molar-refractivity contribution in [2.45, 2.75) is 24.7 Å². The maximum absolute atomic E-state index is 12.3. The summed E-state index contributed by atoms with van der Waals surface area (Å²) in [6, 6.07) is 14.4. The standard InChI is InChI=1S/C22H24Cl2N2O3/c23-18-5-1-16(2-6-18)21(28)25-12-9-20(27)26-15-22(10-13-29-14-11-22)17-3-7-19(24)8-4-17/h1-8H,9-15H2,(H,25,28)(H,26,27). The Morgan fingerprint density at radius 2 is 1.48 bits per heavy atom. The summed E-state index contributed by atoms with van der Waals surface area (Å²) in [6.07, 6.45) is 1.89. The van der Waals surface area contributed by atoms with Gasteiger partial charge in [-0.05, 0) is 54.8 Å². The third-order valence-electron chi connectivity index (χ3n) is 5.27. The molecule has 1 aliphatic rings. The summed E-state index contributed by atoms with van der Waals surface area (Å²) in [5.74, 6) is -0.322. The van der Waals surface area contributed by atoms with Crippen LogP contribution in [0.25, 0.3) is 0 Å². The van der Waals surface area contributed by atoms with Gasteiger partial charge in [-0.15, -0.1) is 0 Å². The lowest BCUT2D eigenvalue weighted by atomic mass is 9.74. The molecule has 5 nitrogen and oxygen atoms in total. The molecule has 0 atom stereocenters. The maximum atomic E-state index is 12.3. The van der Waals surface area contributed by atoms with Crippen molar-refractivity contribution in [3.05, 3.63) is 69.7 Å². The van der Waals surface area contributed by atoms with E-state index < -0.39 is 0 Å². The average molecular weight is 435 g/mol. The number of nitrogens with one attached hydrogen (secondary N) is 2. The molecule has 0 aromatic heterocycles. The summed E-state index contributed by atoms with van der Waals surface area (Å²) in [5.41, 5.74) is 1.51. The van der Waals surface area contributed by atoms with Crippen LogP contribution in [0.15, 0.2) is 48.5 Å². The Kier molecular flexibility index (Phi) is 7.53. The van der Waals surface area contributed by atoms with Crippen LogP contribution in [0.4, 0.5) is 0 Å². The second-order valence-electron chi connectivity index (χ2n) is 7.19. The van der Waals surface area contributed by atoms with Gasteiger partial charge in [-0.1, -0.05) is 35.3 Å². The first kappa shape index (κ1) is 21.6. The van der Waals surface area contributed by atoms with Crippen LogP contribution in [0.2, 0.25) is 10.0 Å². The zero-order chi connectivity index (χ0) is 20.7. The van der Waals surface area contributed by atoms with Crippen LogP contribution in [-0.4, -0.2) is 38.1 Å². The van der Waals surface area contributed by atoms with E-state index in [9.17, 15) is 9.59 Å². The molecule has 2 aromatic rings. The molecule has 0 unspecified atom stereocenters. The van der Waals surface area contributed by atoms with E-state index >= 15 is 0 Å². The molecule has 7 heteroatoms. The highest BCUT2D eigenvalue weighted by atomic mass is 35.5. The zero-order valence-electron chi connectivity index (χ0n) is 16.0. The van der Waals surface area contributed by atoms with Gasteiger partial charge in [-0.25, -0.2) is 0 Å². The lowest BCUT2D eigenvalue weighted by molar-refractivity contribution is -0.121. The molecule has 1 aliphatic heterocycles. The van der Waals surface area contributed by atoms with Crippen molar-refractivity contribution in [2.24, 2.45) is 0 Å². The van der Waals surface area contributed by atoms with Crippen molar-refractivity contribution in [1.29, 1.82) is 0 Å². The van der Waals surface area contributed by atoms with Crippen molar-refractivity contribution in [3.8, 4) is 0 Å². The van der Waals surface area contributed by atoms with Gasteiger partial charge in [0.1, 0.15) is 0 Å². The van der Waals surface area contributed by atoms with Crippen molar-refractivity contribution in [3.63, 3.8) is 0 Å². The molecular formula is C22H24Cl2N2O3. The van der Waals surface area contributed by atoms with Gasteiger partial charge in [0.05, 0.1) is 0 Å². The Balaban J connectivity index is 1.50. The van der Waals surface area contributed by atoms with Gasteiger partial charge in [-0.2, -0.15) is 0 Å². The topological polar surface area (TPSA) is 67.4 Å². The van der Waals surface area contributed by atoms with Gasteiger partial charge in [0.25, 0.3) is 5.91 Å². The van der Waals surface area contributed by atoms with Gasteiger partial charge in [0, 0.05) is 53.7 Å². The van der Waals surface area contributed by atoms with Crippen LogP contribution in [0, 0.1) is 0 Å². The highest BCUT2D eigenvalue weighted by Crippen LogP contribution is 2.34. The molecule has 0 radical (unpaired) electrons. The quantitative estimate of drug-likeness (QED) is 0.692. The average Bonchev–Trinajstić information content (AvgIpc) is 2.74. The largest absolute Gasteiger partial charge is 0.381 e. The molecular weight excluding hydrogens is 411 g/mol. The van der Waals surface area contributed by atoms with Gasteiger partial charge < -0.3 is 15.4 Å². The van der Waals surface area contributed by atoms with Crippen LogP contribution in [0.1, 0.15) is 35.2 Å². The summed E-state index contributed by atoms with van der Waals surface area (Å²) in [4.78, 5) is 24.4. The van der Waals surface area contributed by atoms with Crippen LogP contribution < -0.4 is 10.6 Å². The molecule has 0 aliphatic carbocycles. The van der Waals surface area contributed by atoms with Crippen LogP contribution in [-0.2, 0) is 14.9 Å². The first-order chi connectivity index (χ1) is 14.0. The molecule has 0 saturated carbocycles. The van der Waals surface area contributed by atoms with E-state index in [2.05, 4.69) is 10.6 Å². The molecule has 2 amide bonds. The number of carbonyl (C=O) groups excluding carboxylic acids is 2. The van der Waals surface area contributed by atoms with Crippen LogP contribution in [0.3, 0.4) is 0 Å². The van der Waals surface area contributed by atoms with Gasteiger partial charge in [0.2, 0.25) is 5.91 Å². The molecule has 0 bridgehead atoms. The van der Waals surface area contributed by atoms with Crippen molar-refractivity contribution in [1.82, 2.24) is 10.6 Å². The van der Waals surface area contributed by atoms with E-state index in [1.807, 2.05) is 24.3 Å². The Bertz CT molecular complexity index is 832. The monoisotopic (exact) mass is 434 g/mol. The van der Waals surface area contributed by atoms with E-state index in [0.29, 0.717) is 35.4 Å². The first-order valence-electron chi connectivity index (χ1n) is 9.63. The van der Waals surface area contributed by atoms with E-state index in [1.54, 1.807) is 24.3 Å². The fourth-order valence-corrected chi connectivity index (χ4v) is 3.73. The number of benzene rings is 2. The Labute approximate surface area is 180 Å². The lowest BCUT2D eigenvalue weighted by Gasteiger charge is -2.38. The summed E-state index contributed by atoms with van der Waals surface area (Å²) in [7, 11) is 0. The van der Waals surface area contributed by atoms with E-state index in [-0.39, 0.29) is 30.2 Å². The SMILES string of the molecule is O=C(CCNC(=O)c1ccc(Cl)cc1)NCC1(c2ccc(Cl)cc2)CCOCC1. The number of ether oxygens (including phenoxy) is 1. The fourth-order valence-electron chi connectivity index (χ4n) is 3.48. The zero-order valence-corrected chi connectivity index (χ0v) is 17.6. The van der Waals surface area contributed by atoms with E-state index in [0.717, 1.165) is 18.4 Å². The van der Waals surface area contributed by atoms with Gasteiger partial charge >= 0.3 is 0 Å². The maximum Gasteiger partial charge on any atom is 0.251 e. The second kappa shape index (κ2) is 10.1. The molecule has 29 heavy (non-hydrogen) atoms. The van der Waals surface area contributed by atoms with Crippen LogP contribution >= 0.6 is 23.2 Å². The number of hydrogen-bond acceptors (Lipinski definition) is 3.